The second kappa shape index (κ2) is 9.70. The summed E-state index contributed by atoms with van der Waals surface area (Å²) in [4.78, 5) is 4.61. The Morgan fingerprint density at radius 2 is 1.97 bits per heavy atom. The van der Waals surface area contributed by atoms with Crippen LogP contribution in [0.25, 0.3) is 5.69 Å². The fraction of sp³-hybridized carbons (Fsp3) is 0.391. The first-order chi connectivity index (χ1) is 14.8. The lowest BCUT2D eigenvalue weighted by molar-refractivity contribution is 0.0601. The molecule has 2 aromatic heterocycles. The highest BCUT2D eigenvalue weighted by atomic mass is 16.5. The molecule has 0 aliphatic heterocycles. The summed E-state index contributed by atoms with van der Waals surface area (Å²) in [5.41, 5.74) is 1.46. The second-order valence-corrected chi connectivity index (χ2v) is 7.60. The predicted octanol–water partition coefficient (Wildman–Crippen LogP) is 3.05. The van der Waals surface area contributed by atoms with Gasteiger partial charge in [-0.25, -0.2) is 9.67 Å². The minimum atomic E-state index is -1.09. The van der Waals surface area contributed by atoms with Crippen LogP contribution in [0.1, 0.15) is 36.6 Å². The zero-order chi connectivity index (χ0) is 22.4. The van der Waals surface area contributed by atoms with Gasteiger partial charge in [0.25, 0.3) is 0 Å². The molecule has 3 aromatic rings. The first kappa shape index (κ1) is 22.4. The number of aryl methyl sites for hydroxylation is 2. The van der Waals surface area contributed by atoms with Gasteiger partial charge in [0, 0.05) is 18.3 Å². The van der Waals surface area contributed by atoms with Crippen molar-refractivity contribution >= 4 is 5.96 Å². The molecular weight excluding hydrogens is 394 g/mol. The van der Waals surface area contributed by atoms with E-state index in [4.69, 9.17) is 9.15 Å². The van der Waals surface area contributed by atoms with E-state index in [0.717, 1.165) is 34.2 Å². The van der Waals surface area contributed by atoms with E-state index >= 15 is 0 Å². The molecule has 0 bridgehead atoms. The summed E-state index contributed by atoms with van der Waals surface area (Å²) in [6.45, 7) is 8.89. The molecule has 1 atom stereocenters. The summed E-state index contributed by atoms with van der Waals surface area (Å²) in [5.74, 6) is 2.91. The fourth-order valence-corrected chi connectivity index (χ4v) is 3.34. The minimum Gasteiger partial charge on any atom is -0.497 e. The summed E-state index contributed by atoms with van der Waals surface area (Å²) in [5, 5.41) is 21.9. The van der Waals surface area contributed by atoms with Crippen molar-refractivity contribution in [3.8, 4) is 11.4 Å². The molecule has 31 heavy (non-hydrogen) atoms. The number of ether oxygens (including phenoxy) is 1. The molecule has 8 heteroatoms. The van der Waals surface area contributed by atoms with E-state index in [1.54, 1.807) is 18.7 Å². The average Bonchev–Trinajstić information content (AvgIpc) is 3.36. The molecule has 1 unspecified atom stereocenters. The monoisotopic (exact) mass is 425 g/mol. The molecule has 3 N–H and O–H groups in total. The maximum absolute atomic E-state index is 10.9. The average molecular weight is 426 g/mol. The zero-order valence-electron chi connectivity index (χ0n) is 18.8. The van der Waals surface area contributed by atoms with Gasteiger partial charge >= 0.3 is 0 Å². The Hall–Kier alpha value is -3.26. The summed E-state index contributed by atoms with van der Waals surface area (Å²) in [7, 11) is 1.64. The van der Waals surface area contributed by atoms with Gasteiger partial charge in [-0.05, 0) is 64.1 Å². The number of rotatable bonds is 8. The fourth-order valence-electron chi connectivity index (χ4n) is 3.34. The molecule has 8 nitrogen and oxygen atoms in total. The molecule has 0 saturated heterocycles. The number of nitrogens with one attached hydrogen (secondary N) is 2. The SMILES string of the molecule is CCNC(=NCc1ccn(-c2ccc(OC)cc2)n1)NCC(C)(O)c1cc(C)oc1C. The van der Waals surface area contributed by atoms with E-state index < -0.39 is 5.60 Å². The van der Waals surface area contributed by atoms with Crippen molar-refractivity contribution in [2.24, 2.45) is 4.99 Å². The van der Waals surface area contributed by atoms with Crippen LogP contribution in [0.2, 0.25) is 0 Å². The van der Waals surface area contributed by atoms with Crippen LogP contribution in [0.5, 0.6) is 5.75 Å². The second-order valence-electron chi connectivity index (χ2n) is 7.60. The lowest BCUT2D eigenvalue weighted by atomic mass is 9.96. The van der Waals surface area contributed by atoms with Crippen LogP contribution in [0, 0.1) is 13.8 Å². The Morgan fingerprint density at radius 3 is 2.58 bits per heavy atom. The van der Waals surface area contributed by atoms with Gasteiger partial charge in [0.15, 0.2) is 5.96 Å². The largest absolute Gasteiger partial charge is 0.497 e. The molecule has 166 valence electrons. The third-order valence-corrected chi connectivity index (χ3v) is 4.95. The molecule has 1 aromatic carbocycles. The van der Waals surface area contributed by atoms with Crippen LogP contribution in [0.4, 0.5) is 0 Å². The van der Waals surface area contributed by atoms with E-state index in [1.165, 1.54) is 0 Å². The third-order valence-electron chi connectivity index (χ3n) is 4.95. The highest BCUT2D eigenvalue weighted by Crippen LogP contribution is 2.26. The van der Waals surface area contributed by atoms with Gasteiger partial charge in [-0.2, -0.15) is 5.10 Å². The van der Waals surface area contributed by atoms with Crippen LogP contribution >= 0.6 is 0 Å². The van der Waals surface area contributed by atoms with Gasteiger partial charge in [0.2, 0.25) is 0 Å². The Kier molecular flexibility index (Phi) is 7.02. The van der Waals surface area contributed by atoms with Crippen molar-refractivity contribution in [2.75, 3.05) is 20.2 Å². The molecular formula is C23H31N5O3. The number of hydrogen-bond acceptors (Lipinski definition) is 5. The zero-order valence-corrected chi connectivity index (χ0v) is 18.8. The summed E-state index contributed by atoms with van der Waals surface area (Å²) >= 11 is 0. The van der Waals surface area contributed by atoms with Crippen molar-refractivity contribution in [2.45, 2.75) is 39.8 Å². The van der Waals surface area contributed by atoms with Gasteiger partial charge in [-0.15, -0.1) is 0 Å². The van der Waals surface area contributed by atoms with Crippen molar-refractivity contribution in [1.29, 1.82) is 0 Å². The summed E-state index contributed by atoms with van der Waals surface area (Å²) in [6.07, 6.45) is 1.90. The van der Waals surface area contributed by atoms with Crippen LogP contribution in [-0.2, 0) is 12.1 Å². The smallest absolute Gasteiger partial charge is 0.191 e. The van der Waals surface area contributed by atoms with E-state index in [9.17, 15) is 5.11 Å². The molecule has 0 aliphatic rings. The van der Waals surface area contributed by atoms with Gasteiger partial charge in [0.05, 0.1) is 31.6 Å². The number of guanidine groups is 1. The number of methoxy groups -OCH3 is 1. The first-order valence-corrected chi connectivity index (χ1v) is 10.3. The maximum Gasteiger partial charge on any atom is 0.191 e. The number of aliphatic imine (C=N–C) groups is 1. The quantitative estimate of drug-likeness (QED) is 0.379. The van der Waals surface area contributed by atoms with E-state index in [-0.39, 0.29) is 0 Å². The van der Waals surface area contributed by atoms with Crippen LogP contribution < -0.4 is 15.4 Å². The molecule has 0 radical (unpaired) electrons. The third kappa shape index (κ3) is 5.67. The Balaban J connectivity index is 1.65. The number of nitrogens with zero attached hydrogens (tertiary/aromatic N) is 3. The lowest BCUT2D eigenvalue weighted by Gasteiger charge is -2.24. The topological polar surface area (TPSA) is 96.8 Å². The minimum absolute atomic E-state index is 0.291. The molecule has 0 fully saturated rings. The van der Waals surface area contributed by atoms with Gasteiger partial charge in [-0.1, -0.05) is 0 Å². The molecule has 3 rings (SSSR count). The van der Waals surface area contributed by atoms with Crippen LogP contribution in [0.3, 0.4) is 0 Å². The van der Waals surface area contributed by atoms with Gasteiger partial charge < -0.3 is 24.9 Å². The van der Waals surface area contributed by atoms with Gasteiger partial charge in [0.1, 0.15) is 22.9 Å². The van der Waals surface area contributed by atoms with E-state index in [2.05, 4.69) is 20.7 Å². The van der Waals surface area contributed by atoms with Crippen LogP contribution in [0.15, 0.2) is 52.0 Å². The molecule has 0 saturated carbocycles. The summed E-state index contributed by atoms with van der Waals surface area (Å²) < 4.78 is 12.6. The normalized spacial score (nSPS) is 13.7. The highest BCUT2D eigenvalue weighted by molar-refractivity contribution is 5.79. The molecule has 0 amide bonds. The van der Waals surface area contributed by atoms with Crippen molar-refractivity contribution in [3.63, 3.8) is 0 Å². The molecule has 0 aliphatic carbocycles. The highest BCUT2D eigenvalue weighted by Gasteiger charge is 2.27. The number of aromatic nitrogens is 2. The Labute approximate surface area is 182 Å². The van der Waals surface area contributed by atoms with E-state index in [1.807, 2.05) is 63.4 Å². The summed E-state index contributed by atoms with van der Waals surface area (Å²) in [6, 6.07) is 11.5. The number of furan rings is 1. The van der Waals surface area contributed by atoms with Crippen molar-refractivity contribution in [3.05, 3.63) is 65.4 Å². The Bertz CT molecular complexity index is 1020. The molecule has 2 heterocycles. The number of hydrogen-bond donors (Lipinski definition) is 3. The first-order valence-electron chi connectivity index (χ1n) is 10.3. The van der Waals surface area contributed by atoms with Gasteiger partial charge in [-0.3, -0.25) is 0 Å². The van der Waals surface area contributed by atoms with Crippen LogP contribution in [-0.4, -0.2) is 41.0 Å². The standard InChI is InChI=1S/C23H31N5O3/c1-6-24-22(26-15-23(4,29)21-13-16(2)31-17(21)3)25-14-18-11-12-28(27-18)19-7-9-20(30-5)10-8-19/h7-13,29H,6,14-15H2,1-5H3,(H2,24,25,26). The molecule has 0 spiro atoms. The van der Waals surface area contributed by atoms with E-state index in [0.29, 0.717) is 25.6 Å². The van der Waals surface area contributed by atoms with Crippen molar-refractivity contribution in [1.82, 2.24) is 20.4 Å². The van der Waals surface area contributed by atoms with Crippen molar-refractivity contribution < 1.29 is 14.3 Å². The Morgan fingerprint density at radius 1 is 1.23 bits per heavy atom. The predicted molar refractivity (Wildman–Crippen MR) is 121 cm³/mol. The number of benzene rings is 1. The number of aliphatic hydroxyl groups is 1. The maximum atomic E-state index is 10.9. The lowest BCUT2D eigenvalue weighted by Crippen LogP contribution is -2.44.